The predicted octanol–water partition coefficient (Wildman–Crippen LogP) is 6.00. The highest BCUT2D eigenvalue weighted by atomic mass is 35.5. The van der Waals surface area contributed by atoms with E-state index in [-0.39, 0.29) is 39.3 Å². The minimum atomic E-state index is -0.547. The van der Waals surface area contributed by atoms with Gasteiger partial charge in [-0.3, -0.25) is 4.90 Å². The maximum atomic E-state index is 16.7. The van der Waals surface area contributed by atoms with Crippen LogP contribution in [0.4, 0.5) is 10.2 Å². The molecule has 0 aliphatic carbocycles. The Balaban J connectivity index is 1.36. The summed E-state index contributed by atoms with van der Waals surface area (Å²) in [5, 5.41) is 16.5. The van der Waals surface area contributed by atoms with Crippen LogP contribution in [0.15, 0.2) is 42.5 Å². The Labute approximate surface area is 244 Å². The monoisotopic (exact) mass is 575 g/mol. The Morgan fingerprint density at radius 2 is 1.85 bits per heavy atom. The maximum Gasteiger partial charge on any atom is 0.319 e. The van der Waals surface area contributed by atoms with Crippen LogP contribution in [0.3, 0.4) is 0 Å². The summed E-state index contributed by atoms with van der Waals surface area (Å²) in [6, 6.07) is 13.7. The number of halogens is 2. The number of hydrogen-bond acceptors (Lipinski definition) is 7. The summed E-state index contributed by atoms with van der Waals surface area (Å²) in [6.07, 6.45) is 3.23. The topological polar surface area (TPSA) is 73.8 Å². The van der Waals surface area contributed by atoms with Gasteiger partial charge in [0.15, 0.2) is 5.82 Å². The third-order valence-corrected chi connectivity index (χ3v) is 9.27. The fourth-order valence-corrected chi connectivity index (χ4v) is 7.50. The molecule has 9 heteroatoms. The van der Waals surface area contributed by atoms with E-state index in [4.69, 9.17) is 21.3 Å². The third-order valence-electron chi connectivity index (χ3n) is 8.97. The number of aromatic hydroxyl groups is 1. The lowest BCUT2D eigenvalue weighted by Gasteiger charge is -2.34. The summed E-state index contributed by atoms with van der Waals surface area (Å²) in [6.45, 7) is 7.50. The van der Waals surface area contributed by atoms with Gasteiger partial charge < -0.3 is 20.1 Å². The molecule has 3 atom stereocenters. The number of hydrogen-bond donors (Lipinski definition) is 2. The summed E-state index contributed by atoms with van der Waals surface area (Å²) >= 11 is 6.86. The van der Waals surface area contributed by atoms with Crippen molar-refractivity contribution in [3.05, 3.63) is 53.3 Å². The zero-order valence-electron chi connectivity index (χ0n) is 23.6. The van der Waals surface area contributed by atoms with Crippen LogP contribution in [-0.4, -0.2) is 71.4 Å². The Morgan fingerprint density at radius 1 is 1.10 bits per heavy atom. The Kier molecular flexibility index (Phi) is 6.48. The summed E-state index contributed by atoms with van der Waals surface area (Å²) in [5.74, 6) is 0.146. The van der Waals surface area contributed by atoms with Crippen LogP contribution in [0.5, 0.6) is 11.8 Å². The number of rotatable bonds is 5. The van der Waals surface area contributed by atoms with Crippen molar-refractivity contribution in [1.82, 2.24) is 20.2 Å². The predicted molar refractivity (Wildman–Crippen MR) is 162 cm³/mol. The van der Waals surface area contributed by atoms with Crippen LogP contribution in [0.25, 0.3) is 32.8 Å². The molecule has 214 valence electrons. The van der Waals surface area contributed by atoms with Crippen molar-refractivity contribution in [2.45, 2.75) is 51.2 Å². The molecule has 0 spiro atoms. The molecule has 0 amide bonds. The van der Waals surface area contributed by atoms with Crippen molar-refractivity contribution in [2.75, 3.05) is 38.2 Å². The molecule has 7 rings (SSSR count). The van der Waals surface area contributed by atoms with Crippen molar-refractivity contribution < 1.29 is 14.2 Å². The number of anilines is 1. The van der Waals surface area contributed by atoms with Crippen LogP contribution < -0.4 is 15.0 Å². The molecule has 4 aromatic rings. The number of aromatic nitrogens is 2. The average Bonchev–Trinajstić information content (AvgIpc) is 3.41. The van der Waals surface area contributed by atoms with E-state index in [9.17, 15) is 5.11 Å². The number of benzene rings is 3. The molecule has 7 nitrogen and oxygen atoms in total. The van der Waals surface area contributed by atoms with E-state index < -0.39 is 5.82 Å². The first-order valence-corrected chi connectivity index (χ1v) is 14.8. The smallest absolute Gasteiger partial charge is 0.319 e. The number of fused-ring (bicyclic) bond motifs is 4. The number of phenols is 1. The van der Waals surface area contributed by atoms with Gasteiger partial charge in [-0.15, -0.1) is 0 Å². The van der Waals surface area contributed by atoms with Gasteiger partial charge in [0.1, 0.15) is 23.7 Å². The average molecular weight is 576 g/mol. The maximum absolute atomic E-state index is 16.7. The van der Waals surface area contributed by atoms with Gasteiger partial charge in [0.25, 0.3) is 0 Å². The zero-order valence-corrected chi connectivity index (χ0v) is 24.4. The molecule has 0 radical (unpaired) electrons. The van der Waals surface area contributed by atoms with E-state index in [1.807, 2.05) is 24.3 Å². The van der Waals surface area contributed by atoms with E-state index in [1.165, 1.54) is 0 Å². The van der Waals surface area contributed by atoms with Crippen molar-refractivity contribution in [1.29, 1.82) is 0 Å². The number of likely N-dealkylation sites (tertiary alicyclic amines) is 1. The minimum Gasteiger partial charge on any atom is -0.508 e. The standard InChI is InChI=1S/C32H35ClFN5O2/c1-32(2)13-21(38(3)17-32)16-41-31-36-29-25(30(37-31)39-14-19-8-9-20(15-39)35-19)12-26(33)27(28(29)34)24-11-22(40)10-18-6-4-5-7-23(18)24/h4-7,10-12,19-21,35,40H,8-9,13-17H2,1-3H3/t19?,20?,21-/m0/s1. The van der Waals surface area contributed by atoms with Crippen LogP contribution >= 0.6 is 11.6 Å². The van der Waals surface area contributed by atoms with Gasteiger partial charge in [-0.25, -0.2) is 4.39 Å². The fraction of sp³-hybridized carbons (Fsp3) is 0.438. The zero-order chi connectivity index (χ0) is 28.5. The van der Waals surface area contributed by atoms with Gasteiger partial charge in [0.05, 0.1) is 5.02 Å². The molecular formula is C32H35ClFN5O2. The second-order valence-electron chi connectivity index (χ2n) is 12.8. The molecule has 1 aromatic heterocycles. The molecule has 3 saturated heterocycles. The number of piperazine rings is 1. The van der Waals surface area contributed by atoms with Crippen LogP contribution in [0, 0.1) is 11.2 Å². The molecule has 2 N–H and O–H groups in total. The van der Waals surface area contributed by atoms with Crippen molar-refractivity contribution in [2.24, 2.45) is 5.41 Å². The first-order valence-electron chi connectivity index (χ1n) is 14.4. The minimum absolute atomic E-state index is 0.0431. The van der Waals surface area contributed by atoms with E-state index in [0.29, 0.717) is 35.5 Å². The molecule has 3 aliphatic rings. The number of nitrogens with zero attached hydrogens (tertiary/aromatic N) is 4. The highest BCUT2D eigenvalue weighted by molar-refractivity contribution is 6.35. The van der Waals surface area contributed by atoms with Crippen molar-refractivity contribution in [3.8, 4) is 22.9 Å². The van der Waals surface area contributed by atoms with Crippen molar-refractivity contribution in [3.63, 3.8) is 0 Å². The fourth-order valence-electron chi connectivity index (χ4n) is 7.20. The highest BCUT2D eigenvalue weighted by Gasteiger charge is 2.37. The molecule has 41 heavy (non-hydrogen) atoms. The Morgan fingerprint density at radius 3 is 2.59 bits per heavy atom. The van der Waals surface area contributed by atoms with E-state index in [2.05, 4.69) is 41.0 Å². The van der Waals surface area contributed by atoms with E-state index >= 15 is 4.39 Å². The van der Waals surface area contributed by atoms with Gasteiger partial charge >= 0.3 is 6.01 Å². The van der Waals surface area contributed by atoms with Gasteiger partial charge in [-0.2, -0.15) is 9.97 Å². The molecule has 0 saturated carbocycles. The van der Waals surface area contributed by atoms with E-state index in [1.54, 1.807) is 18.2 Å². The first kappa shape index (κ1) is 26.7. The van der Waals surface area contributed by atoms with Gasteiger partial charge in [-0.1, -0.05) is 49.7 Å². The van der Waals surface area contributed by atoms with Gasteiger partial charge in [0.2, 0.25) is 0 Å². The molecular weight excluding hydrogens is 541 g/mol. The normalized spacial score (nSPS) is 24.0. The summed E-state index contributed by atoms with van der Waals surface area (Å²) in [4.78, 5) is 14.0. The second kappa shape index (κ2) is 9.96. The lowest BCUT2D eigenvalue weighted by Crippen LogP contribution is -2.51. The quantitative estimate of drug-likeness (QED) is 0.302. The number of nitrogens with one attached hydrogen (secondary N) is 1. The molecule has 3 aromatic carbocycles. The molecule has 3 fully saturated rings. The molecule has 2 unspecified atom stereocenters. The van der Waals surface area contributed by atoms with Crippen LogP contribution in [0.1, 0.15) is 33.1 Å². The Hall–Kier alpha value is -3.20. The van der Waals surface area contributed by atoms with Crippen LogP contribution in [-0.2, 0) is 0 Å². The Bertz CT molecular complexity index is 1650. The lowest BCUT2D eigenvalue weighted by molar-refractivity contribution is 0.188. The first-order chi connectivity index (χ1) is 19.6. The van der Waals surface area contributed by atoms with Gasteiger partial charge in [0, 0.05) is 48.7 Å². The number of ether oxygens (including phenoxy) is 1. The van der Waals surface area contributed by atoms with Crippen molar-refractivity contribution >= 4 is 39.1 Å². The summed E-state index contributed by atoms with van der Waals surface area (Å²) in [5.41, 5.74) is 1.10. The molecule has 3 aliphatic heterocycles. The number of likely N-dealkylation sites (N-methyl/N-ethyl adjacent to an activating group) is 1. The second-order valence-corrected chi connectivity index (χ2v) is 13.2. The number of phenolic OH excluding ortho intramolecular Hbond substituents is 1. The molecule has 2 bridgehead atoms. The van der Waals surface area contributed by atoms with E-state index in [0.717, 1.165) is 49.7 Å². The van der Waals surface area contributed by atoms with Crippen LogP contribution in [0.2, 0.25) is 5.02 Å². The summed E-state index contributed by atoms with van der Waals surface area (Å²) < 4.78 is 23.0. The van der Waals surface area contributed by atoms with Gasteiger partial charge in [-0.05, 0) is 66.3 Å². The molecule has 4 heterocycles. The third kappa shape index (κ3) is 4.86. The summed E-state index contributed by atoms with van der Waals surface area (Å²) in [7, 11) is 2.11. The SMILES string of the molecule is CN1CC(C)(C)C[C@H]1COc1nc(N2CC3CCC(C2)N3)c2cc(Cl)c(-c3cc(O)cc4ccccc34)c(F)c2n1. The largest absolute Gasteiger partial charge is 0.508 e. The lowest BCUT2D eigenvalue weighted by atomic mass is 9.91. The highest BCUT2D eigenvalue weighted by Crippen LogP contribution is 2.43.